The third kappa shape index (κ3) is 4.80. The van der Waals surface area contributed by atoms with Gasteiger partial charge in [-0.1, -0.05) is 6.07 Å². The molecule has 146 valence electrons. The van der Waals surface area contributed by atoms with E-state index in [1.54, 1.807) is 31.4 Å². The molecule has 0 saturated carbocycles. The van der Waals surface area contributed by atoms with Crippen molar-refractivity contribution in [3.05, 3.63) is 65.3 Å². The Bertz CT molecular complexity index is 1090. The summed E-state index contributed by atoms with van der Waals surface area (Å²) < 4.78 is 40.1. The lowest BCUT2D eigenvalue weighted by atomic mass is 10.2. The van der Waals surface area contributed by atoms with Gasteiger partial charge in [-0.05, 0) is 56.3 Å². The highest BCUT2D eigenvalue weighted by molar-refractivity contribution is 7.89. The normalized spacial score (nSPS) is 11.6. The van der Waals surface area contributed by atoms with Gasteiger partial charge in [-0.15, -0.1) is 11.3 Å². The number of nitrogens with one attached hydrogen (secondary N) is 2. The van der Waals surface area contributed by atoms with E-state index in [0.717, 1.165) is 5.56 Å². The van der Waals surface area contributed by atoms with Crippen LogP contribution in [0.25, 0.3) is 11.3 Å². The Balaban J connectivity index is 1.77. The topological polar surface area (TPSA) is 88.2 Å². The van der Waals surface area contributed by atoms with E-state index in [1.807, 2.05) is 0 Å². The molecule has 0 radical (unpaired) electrons. The minimum absolute atomic E-state index is 0.0139. The fourth-order valence-corrected chi connectivity index (χ4v) is 4.45. The molecule has 3 rings (SSSR count). The van der Waals surface area contributed by atoms with Gasteiger partial charge in [0.1, 0.15) is 5.82 Å². The fourth-order valence-electron chi connectivity index (χ4n) is 2.44. The number of aromatic nitrogens is 1. The molecule has 9 heteroatoms. The largest absolute Gasteiger partial charge is 0.298 e. The molecule has 1 heterocycles. The molecule has 0 atom stereocenters. The van der Waals surface area contributed by atoms with Crippen LogP contribution >= 0.6 is 11.3 Å². The first-order valence-electron chi connectivity index (χ1n) is 8.40. The predicted molar refractivity (Wildman–Crippen MR) is 107 cm³/mol. The summed E-state index contributed by atoms with van der Waals surface area (Å²) >= 11 is 1.22. The average molecular weight is 420 g/mol. The van der Waals surface area contributed by atoms with E-state index in [2.05, 4.69) is 15.0 Å². The maximum Gasteiger partial charge on any atom is 0.257 e. The lowest BCUT2D eigenvalue weighted by Crippen LogP contribution is -2.30. The van der Waals surface area contributed by atoms with Gasteiger partial charge in [-0.25, -0.2) is 22.5 Å². The maximum absolute atomic E-state index is 13.0. The van der Waals surface area contributed by atoms with Gasteiger partial charge in [-0.3, -0.25) is 10.1 Å². The van der Waals surface area contributed by atoms with Gasteiger partial charge in [0.2, 0.25) is 10.0 Å². The van der Waals surface area contributed by atoms with Crippen molar-refractivity contribution in [2.45, 2.75) is 24.8 Å². The molecule has 0 aliphatic carbocycles. The summed E-state index contributed by atoms with van der Waals surface area (Å²) in [5, 5.41) is 4.76. The van der Waals surface area contributed by atoms with Gasteiger partial charge in [0.05, 0.1) is 10.6 Å². The fraction of sp³-hybridized carbons (Fsp3) is 0.158. The summed E-state index contributed by atoms with van der Waals surface area (Å²) in [6, 6.07) is 11.4. The molecule has 0 unspecified atom stereocenters. The second-order valence-electron chi connectivity index (χ2n) is 6.30. The van der Waals surface area contributed by atoms with Crippen LogP contribution in [0.4, 0.5) is 9.52 Å². The number of hydrogen-bond acceptors (Lipinski definition) is 5. The minimum Gasteiger partial charge on any atom is -0.298 e. The Hall–Kier alpha value is -2.62. The van der Waals surface area contributed by atoms with E-state index >= 15 is 0 Å². The zero-order valence-electron chi connectivity index (χ0n) is 15.1. The van der Waals surface area contributed by atoms with Crippen molar-refractivity contribution < 1.29 is 17.6 Å². The number of carbonyl (C=O) groups excluding carboxylic acids is 1. The molecule has 6 nitrogen and oxygen atoms in total. The van der Waals surface area contributed by atoms with Gasteiger partial charge >= 0.3 is 0 Å². The smallest absolute Gasteiger partial charge is 0.257 e. The van der Waals surface area contributed by atoms with Crippen molar-refractivity contribution in [1.29, 1.82) is 0 Å². The summed E-state index contributed by atoms with van der Waals surface area (Å²) in [5.41, 5.74) is 1.54. The van der Waals surface area contributed by atoms with Crippen molar-refractivity contribution in [3.8, 4) is 11.3 Å². The van der Waals surface area contributed by atoms with Crippen LogP contribution in [0.1, 0.15) is 24.2 Å². The number of rotatable bonds is 6. The number of halogens is 1. The highest BCUT2D eigenvalue weighted by Gasteiger charge is 2.18. The van der Waals surface area contributed by atoms with Crippen LogP contribution in [0.5, 0.6) is 0 Å². The van der Waals surface area contributed by atoms with Gasteiger partial charge in [-0.2, -0.15) is 0 Å². The Morgan fingerprint density at radius 2 is 1.86 bits per heavy atom. The van der Waals surface area contributed by atoms with Crippen LogP contribution in [0.2, 0.25) is 0 Å². The number of carbonyl (C=O) groups is 1. The minimum atomic E-state index is -3.70. The van der Waals surface area contributed by atoms with E-state index in [4.69, 9.17) is 0 Å². The second kappa shape index (κ2) is 8.17. The van der Waals surface area contributed by atoms with Crippen LogP contribution in [0.3, 0.4) is 0 Å². The first kappa shape index (κ1) is 20.1. The monoisotopic (exact) mass is 419 g/mol. The van der Waals surface area contributed by atoms with Crippen LogP contribution in [-0.4, -0.2) is 25.4 Å². The SMILES string of the molecule is CC(C)NS(=O)(=O)c1cccc(C(=O)Nc2nc(-c3ccc(F)cc3)cs2)c1. The molecule has 0 spiro atoms. The summed E-state index contributed by atoms with van der Waals surface area (Å²) in [5.74, 6) is -0.809. The Kier molecular flexibility index (Phi) is 5.87. The van der Waals surface area contributed by atoms with Crippen LogP contribution in [0, 0.1) is 5.82 Å². The van der Waals surface area contributed by atoms with E-state index in [9.17, 15) is 17.6 Å². The highest BCUT2D eigenvalue weighted by atomic mass is 32.2. The lowest BCUT2D eigenvalue weighted by Gasteiger charge is -2.10. The lowest BCUT2D eigenvalue weighted by molar-refractivity contribution is 0.102. The first-order valence-corrected chi connectivity index (χ1v) is 10.8. The average Bonchev–Trinajstić information content (AvgIpc) is 3.10. The molecule has 0 fully saturated rings. The maximum atomic E-state index is 13.0. The summed E-state index contributed by atoms with van der Waals surface area (Å²) in [6.45, 7) is 3.44. The number of benzene rings is 2. The van der Waals surface area contributed by atoms with Crippen LogP contribution < -0.4 is 10.0 Å². The first-order chi connectivity index (χ1) is 13.2. The Morgan fingerprint density at radius 1 is 1.14 bits per heavy atom. The molecular formula is C19H18FN3O3S2. The zero-order chi connectivity index (χ0) is 20.3. The number of nitrogens with zero attached hydrogens (tertiary/aromatic N) is 1. The number of anilines is 1. The van der Waals surface area contributed by atoms with Crippen LogP contribution in [0.15, 0.2) is 58.8 Å². The van der Waals surface area contributed by atoms with Crippen molar-refractivity contribution in [2.75, 3.05) is 5.32 Å². The Morgan fingerprint density at radius 3 is 2.54 bits per heavy atom. The summed E-state index contributed by atoms with van der Waals surface area (Å²) in [6.07, 6.45) is 0. The molecule has 1 aromatic heterocycles. The standard InChI is InChI=1S/C19H18FN3O3S2/c1-12(2)23-28(25,26)16-5-3-4-14(10-16)18(24)22-19-21-17(11-27-19)13-6-8-15(20)9-7-13/h3-12,23H,1-2H3,(H,21,22,24). The second-order valence-corrected chi connectivity index (χ2v) is 8.87. The quantitative estimate of drug-likeness (QED) is 0.635. The summed E-state index contributed by atoms with van der Waals surface area (Å²) in [4.78, 5) is 16.8. The van der Waals surface area contributed by atoms with E-state index < -0.39 is 15.9 Å². The van der Waals surface area contributed by atoms with E-state index in [1.165, 1.54) is 47.7 Å². The van der Waals surface area contributed by atoms with Gasteiger partial charge in [0.25, 0.3) is 5.91 Å². The van der Waals surface area contributed by atoms with Gasteiger partial charge in [0.15, 0.2) is 5.13 Å². The van der Waals surface area contributed by atoms with E-state index in [0.29, 0.717) is 10.8 Å². The van der Waals surface area contributed by atoms with Gasteiger partial charge < -0.3 is 0 Å². The molecular weight excluding hydrogens is 401 g/mol. The molecule has 3 aromatic rings. The molecule has 2 N–H and O–H groups in total. The molecule has 2 aromatic carbocycles. The third-order valence-electron chi connectivity index (χ3n) is 3.66. The van der Waals surface area contributed by atoms with E-state index in [-0.39, 0.29) is 22.3 Å². The van der Waals surface area contributed by atoms with Crippen molar-refractivity contribution in [3.63, 3.8) is 0 Å². The number of thiazole rings is 1. The number of amides is 1. The highest BCUT2D eigenvalue weighted by Crippen LogP contribution is 2.25. The molecule has 1 amide bonds. The van der Waals surface area contributed by atoms with Crippen molar-refractivity contribution in [1.82, 2.24) is 9.71 Å². The molecule has 0 saturated heterocycles. The third-order valence-corrected chi connectivity index (χ3v) is 6.08. The Labute approximate surface area is 166 Å². The van der Waals surface area contributed by atoms with Gasteiger partial charge in [0, 0.05) is 22.5 Å². The van der Waals surface area contributed by atoms with Crippen LogP contribution in [-0.2, 0) is 10.0 Å². The molecule has 0 aliphatic heterocycles. The van der Waals surface area contributed by atoms with Crippen molar-refractivity contribution >= 4 is 32.4 Å². The zero-order valence-corrected chi connectivity index (χ0v) is 16.8. The molecule has 0 bridgehead atoms. The molecule has 28 heavy (non-hydrogen) atoms. The molecule has 0 aliphatic rings. The number of hydrogen-bond donors (Lipinski definition) is 2. The predicted octanol–water partition coefficient (Wildman–Crippen LogP) is 3.89. The van der Waals surface area contributed by atoms with Crippen molar-refractivity contribution in [2.24, 2.45) is 0 Å². The summed E-state index contributed by atoms with van der Waals surface area (Å²) in [7, 11) is -3.70. The number of sulfonamides is 1.